The summed E-state index contributed by atoms with van der Waals surface area (Å²) in [6, 6.07) is 4.73. The quantitative estimate of drug-likeness (QED) is 0.467. The van der Waals surface area contributed by atoms with E-state index in [1.807, 2.05) is 6.92 Å². The molecule has 0 amide bonds. The molecule has 0 aliphatic carbocycles. The monoisotopic (exact) mass is 236 g/mol. The van der Waals surface area contributed by atoms with Crippen molar-refractivity contribution in [3.63, 3.8) is 0 Å². The van der Waals surface area contributed by atoms with Crippen LogP contribution in [0.2, 0.25) is 0 Å². The van der Waals surface area contributed by atoms with Crippen molar-refractivity contribution in [1.82, 2.24) is 0 Å². The third kappa shape index (κ3) is 3.57. The molecule has 0 bridgehead atoms. The first-order valence-electron chi connectivity index (χ1n) is 5.35. The molecule has 17 heavy (non-hydrogen) atoms. The molecule has 92 valence electrons. The van der Waals surface area contributed by atoms with Crippen LogP contribution in [-0.4, -0.2) is 11.5 Å². The largest absolute Gasteiger partial charge is 0.482 e. The molecule has 0 heterocycles. The fraction of sp³-hybridized carbons (Fsp3) is 0.333. The van der Waals surface area contributed by atoms with Gasteiger partial charge in [0.2, 0.25) is 0 Å². The maximum absolute atomic E-state index is 10.9. The predicted octanol–water partition coefficient (Wildman–Crippen LogP) is 2.40. The van der Waals surface area contributed by atoms with Gasteiger partial charge >= 0.3 is 5.69 Å². The topological polar surface area (TPSA) is 78.4 Å². The lowest BCUT2D eigenvalue weighted by Crippen LogP contribution is -2.04. The van der Waals surface area contributed by atoms with Gasteiger partial charge in [-0.15, -0.1) is 0 Å². The minimum atomic E-state index is -0.469. The average molecular weight is 236 g/mol. The fourth-order valence-electron chi connectivity index (χ4n) is 1.24. The average Bonchev–Trinajstić information content (AvgIpc) is 2.35. The maximum Gasteiger partial charge on any atom is 0.311 e. The number of hydrogen-bond donors (Lipinski definition) is 1. The lowest BCUT2D eigenvalue weighted by molar-refractivity contribution is -0.385. The van der Waals surface area contributed by atoms with E-state index >= 15 is 0 Å². The van der Waals surface area contributed by atoms with E-state index < -0.39 is 4.92 Å². The summed E-state index contributed by atoms with van der Waals surface area (Å²) < 4.78 is 5.37. The molecular weight excluding hydrogens is 220 g/mol. The highest BCUT2D eigenvalue weighted by molar-refractivity contribution is 5.48. The Morgan fingerprint density at radius 3 is 2.82 bits per heavy atom. The van der Waals surface area contributed by atoms with Gasteiger partial charge in [0.1, 0.15) is 6.61 Å². The van der Waals surface area contributed by atoms with Crippen LogP contribution in [0.1, 0.15) is 18.9 Å². The van der Waals surface area contributed by atoms with E-state index in [4.69, 9.17) is 10.5 Å². The Balaban J connectivity index is 2.90. The molecule has 0 fully saturated rings. The number of nitrogens with zero attached hydrogens (tertiary/aromatic N) is 1. The molecule has 1 rings (SSSR count). The number of ether oxygens (including phenoxy) is 1. The molecule has 0 radical (unpaired) electrons. The van der Waals surface area contributed by atoms with Crippen molar-refractivity contribution < 1.29 is 9.66 Å². The van der Waals surface area contributed by atoms with Crippen molar-refractivity contribution in [3.05, 3.63) is 46.0 Å². The van der Waals surface area contributed by atoms with Gasteiger partial charge in [0, 0.05) is 12.6 Å². The second-order valence-corrected chi connectivity index (χ2v) is 3.66. The number of nitro groups is 1. The van der Waals surface area contributed by atoms with Gasteiger partial charge in [0.05, 0.1) is 4.92 Å². The van der Waals surface area contributed by atoms with Crippen LogP contribution in [0.25, 0.3) is 0 Å². The predicted molar refractivity (Wildman–Crippen MR) is 65.9 cm³/mol. The Hall–Kier alpha value is -1.88. The summed E-state index contributed by atoms with van der Waals surface area (Å²) in [6.07, 6.45) is 0.786. The fourth-order valence-corrected chi connectivity index (χ4v) is 1.24. The van der Waals surface area contributed by atoms with Gasteiger partial charge in [-0.3, -0.25) is 10.1 Å². The first-order chi connectivity index (χ1) is 8.08. The SMILES string of the molecule is C=C(CC)COc1ccc(CN)cc1[N+](=O)[O-]. The maximum atomic E-state index is 10.9. The number of nitrogens with two attached hydrogens (primary N) is 1. The Labute approximate surface area is 100 Å². The minimum Gasteiger partial charge on any atom is -0.482 e. The molecule has 0 saturated carbocycles. The molecule has 1 aromatic carbocycles. The lowest BCUT2D eigenvalue weighted by atomic mass is 10.2. The standard InChI is InChI=1S/C12H16N2O3/c1-3-9(2)8-17-12-5-4-10(7-13)6-11(12)14(15)16/h4-6H,2-3,7-8,13H2,1H3. The zero-order valence-corrected chi connectivity index (χ0v) is 9.81. The van der Waals surface area contributed by atoms with E-state index in [-0.39, 0.29) is 18.0 Å². The van der Waals surface area contributed by atoms with Crippen LogP contribution in [-0.2, 0) is 6.54 Å². The lowest BCUT2D eigenvalue weighted by Gasteiger charge is -2.08. The second-order valence-electron chi connectivity index (χ2n) is 3.66. The third-order valence-corrected chi connectivity index (χ3v) is 2.39. The van der Waals surface area contributed by atoms with E-state index in [1.165, 1.54) is 6.07 Å². The highest BCUT2D eigenvalue weighted by Crippen LogP contribution is 2.28. The summed E-state index contributed by atoms with van der Waals surface area (Å²) in [4.78, 5) is 10.4. The number of benzene rings is 1. The zero-order chi connectivity index (χ0) is 12.8. The van der Waals surface area contributed by atoms with Crippen molar-refractivity contribution >= 4 is 5.69 Å². The van der Waals surface area contributed by atoms with Crippen LogP contribution in [0.3, 0.4) is 0 Å². The summed E-state index contributed by atoms with van der Waals surface area (Å²) in [7, 11) is 0. The molecule has 0 atom stereocenters. The minimum absolute atomic E-state index is 0.0585. The van der Waals surface area contributed by atoms with Crippen LogP contribution in [0.5, 0.6) is 5.75 Å². The molecular formula is C12H16N2O3. The van der Waals surface area contributed by atoms with Crippen molar-refractivity contribution in [2.75, 3.05) is 6.61 Å². The number of hydrogen-bond acceptors (Lipinski definition) is 4. The molecule has 1 aromatic rings. The molecule has 2 N–H and O–H groups in total. The van der Waals surface area contributed by atoms with Crippen molar-refractivity contribution in [2.45, 2.75) is 19.9 Å². The van der Waals surface area contributed by atoms with Crippen LogP contribution in [0.15, 0.2) is 30.4 Å². The second kappa shape index (κ2) is 6.00. The smallest absolute Gasteiger partial charge is 0.311 e. The van der Waals surface area contributed by atoms with E-state index in [0.29, 0.717) is 12.2 Å². The van der Waals surface area contributed by atoms with Crippen LogP contribution in [0.4, 0.5) is 5.69 Å². The van der Waals surface area contributed by atoms with Crippen molar-refractivity contribution in [3.8, 4) is 5.75 Å². The van der Waals surface area contributed by atoms with Gasteiger partial charge in [-0.2, -0.15) is 0 Å². The molecule has 0 aromatic heterocycles. The van der Waals surface area contributed by atoms with Gasteiger partial charge < -0.3 is 10.5 Å². The van der Waals surface area contributed by atoms with E-state index in [1.54, 1.807) is 12.1 Å². The first-order valence-corrected chi connectivity index (χ1v) is 5.35. The van der Waals surface area contributed by atoms with E-state index in [0.717, 1.165) is 12.0 Å². The van der Waals surface area contributed by atoms with Crippen LogP contribution in [0, 0.1) is 10.1 Å². The van der Waals surface area contributed by atoms with Crippen molar-refractivity contribution in [2.24, 2.45) is 5.73 Å². The van der Waals surface area contributed by atoms with Gasteiger partial charge in [-0.25, -0.2) is 0 Å². The Bertz CT molecular complexity index is 430. The summed E-state index contributed by atoms with van der Waals surface area (Å²) >= 11 is 0. The molecule has 0 aliphatic rings. The Kier molecular flexibility index (Phi) is 4.66. The summed E-state index contributed by atoms with van der Waals surface area (Å²) in [5, 5.41) is 10.9. The highest BCUT2D eigenvalue weighted by atomic mass is 16.6. The number of nitro benzene ring substituents is 1. The third-order valence-electron chi connectivity index (χ3n) is 2.39. The van der Waals surface area contributed by atoms with E-state index in [9.17, 15) is 10.1 Å². The first kappa shape index (κ1) is 13.2. The normalized spacial score (nSPS) is 10.0. The van der Waals surface area contributed by atoms with E-state index in [2.05, 4.69) is 6.58 Å². The van der Waals surface area contributed by atoms with Gasteiger partial charge in [-0.05, 0) is 23.6 Å². The van der Waals surface area contributed by atoms with Gasteiger partial charge in [-0.1, -0.05) is 19.6 Å². The molecule has 0 spiro atoms. The summed E-state index contributed by atoms with van der Waals surface area (Å²) in [6.45, 7) is 6.30. The highest BCUT2D eigenvalue weighted by Gasteiger charge is 2.15. The van der Waals surface area contributed by atoms with Crippen LogP contribution < -0.4 is 10.5 Å². The zero-order valence-electron chi connectivity index (χ0n) is 9.81. The Morgan fingerprint density at radius 2 is 2.29 bits per heavy atom. The summed E-state index contributed by atoms with van der Waals surface area (Å²) in [5.74, 6) is 0.252. The van der Waals surface area contributed by atoms with Gasteiger partial charge in [0.25, 0.3) is 0 Å². The molecule has 0 aliphatic heterocycles. The Morgan fingerprint density at radius 1 is 1.59 bits per heavy atom. The molecule has 0 unspecified atom stereocenters. The molecule has 0 saturated heterocycles. The molecule has 5 heteroatoms. The number of rotatable bonds is 6. The summed E-state index contributed by atoms with van der Waals surface area (Å²) in [5.41, 5.74) is 6.97. The molecule has 5 nitrogen and oxygen atoms in total. The van der Waals surface area contributed by atoms with Gasteiger partial charge in [0.15, 0.2) is 5.75 Å². The van der Waals surface area contributed by atoms with Crippen molar-refractivity contribution in [1.29, 1.82) is 0 Å². The van der Waals surface area contributed by atoms with Crippen LogP contribution >= 0.6 is 0 Å².